The molecular weight excluding hydrogens is 214 g/mol. The molecule has 17 heavy (non-hydrogen) atoms. The molecule has 1 heterocycles. The number of nitrogens with zero attached hydrogens (tertiary/aromatic N) is 1. The number of carbonyl (C=O) groups is 1. The Bertz CT molecular complexity index is 348. The van der Waals surface area contributed by atoms with Gasteiger partial charge in [-0.3, -0.25) is 4.79 Å². The minimum absolute atomic E-state index is 0.0388. The molecule has 0 fully saturated rings. The van der Waals surface area contributed by atoms with Gasteiger partial charge in [0.2, 0.25) is 5.91 Å². The van der Waals surface area contributed by atoms with E-state index in [0.717, 1.165) is 24.3 Å². The number of aromatic nitrogens is 1. The molecule has 4 heteroatoms. The number of nitrogens with one attached hydrogen (secondary N) is 2. The van der Waals surface area contributed by atoms with Crippen molar-refractivity contribution in [2.45, 2.75) is 46.1 Å². The van der Waals surface area contributed by atoms with Crippen molar-refractivity contribution in [1.29, 1.82) is 0 Å². The number of pyridine rings is 1. The molecule has 0 radical (unpaired) electrons. The average Bonchev–Trinajstić information content (AvgIpc) is 2.32. The Kier molecular flexibility index (Phi) is 5.46. The van der Waals surface area contributed by atoms with Crippen molar-refractivity contribution in [2.75, 3.05) is 10.6 Å². The highest BCUT2D eigenvalue weighted by molar-refractivity contribution is 5.90. The maximum absolute atomic E-state index is 11.4. The summed E-state index contributed by atoms with van der Waals surface area (Å²) in [6.45, 7) is 6.21. The zero-order chi connectivity index (χ0) is 12.7. The van der Waals surface area contributed by atoms with Gasteiger partial charge in [-0.25, -0.2) is 4.98 Å². The lowest BCUT2D eigenvalue weighted by atomic mass is 10.2. The largest absolute Gasteiger partial charge is 0.368 e. The van der Waals surface area contributed by atoms with E-state index in [9.17, 15) is 4.79 Å². The molecule has 0 aliphatic heterocycles. The Balaban J connectivity index is 2.52. The lowest BCUT2D eigenvalue weighted by molar-refractivity contribution is -0.116. The number of anilines is 2. The highest BCUT2D eigenvalue weighted by Gasteiger charge is 2.02. The van der Waals surface area contributed by atoms with E-state index in [2.05, 4.69) is 29.5 Å². The Hall–Kier alpha value is -1.58. The second-order valence-electron chi connectivity index (χ2n) is 4.18. The van der Waals surface area contributed by atoms with Gasteiger partial charge in [0.15, 0.2) is 0 Å². The number of hydrogen-bond donors (Lipinski definition) is 2. The average molecular weight is 235 g/mol. The summed E-state index contributed by atoms with van der Waals surface area (Å²) in [5.41, 5.74) is 0.748. The molecule has 1 rings (SSSR count). The van der Waals surface area contributed by atoms with Gasteiger partial charge in [0.1, 0.15) is 5.82 Å². The Morgan fingerprint density at radius 1 is 1.41 bits per heavy atom. The molecule has 1 unspecified atom stereocenters. The molecule has 2 N–H and O–H groups in total. The van der Waals surface area contributed by atoms with Crippen LogP contribution in [0.25, 0.3) is 0 Å². The molecule has 0 aromatic carbocycles. The van der Waals surface area contributed by atoms with E-state index >= 15 is 0 Å². The van der Waals surface area contributed by atoms with E-state index in [1.807, 2.05) is 19.1 Å². The normalized spacial score (nSPS) is 11.9. The standard InChI is InChI=1S/C13H21N3O/c1-4-6-13(17)16-11-7-8-12(14-9-11)15-10(3)5-2/h7-10H,4-6H2,1-3H3,(H,14,15)(H,16,17). The summed E-state index contributed by atoms with van der Waals surface area (Å²) in [5.74, 6) is 0.879. The molecule has 0 bridgehead atoms. The molecule has 1 atom stereocenters. The molecule has 0 saturated carbocycles. The maximum atomic E-state index is 11.4. The predicted molar refractivity (Wildman–Crippen MR) is 71.2 cm³/mol. The number of amides is 1. The Morgan fingerprint density at radius 2 is 2.18 bits per heavy atom. The first kappa shape index (κ1) is 13.5. The fraction of sp³-hybridized carbons (Fsp3) is 0.538. The van der Waals surface area contributed by atoms with Gasteiger partial charge in [0, 0.05) is 12.5 Å². The molecule has 4 nitrogen and oxygen atoms in total. The van der Waals surface area contributed by atoms with Crippen molar-refractivity contribution in [1.82, 2.24) is 4.98 Å². The molecule has 94 valence electrons. The first-order valence-electron chi connectivity index (χ1n) is 6.18. The van der Waals surface area contributed by atoms with Gasteiger partial charge in [-0.05, 0) is 31.9 Å². The van der Waals surface area contributed by atoms with Gasteiger partial charge in [0.25, 0.3) is 0 Å². The third-order valence-corrected chi connectivity index (χ3v) is 2.53. The SMILES string of the molecule is CCCC(=O)Nc1ccc(NC(C)CC)nc1. The van der Waals surface area contributed by atoms with Gasteiger partial charge in [0.05, 0.1) is 11.9 Å². The van der Waals surface area contributed by atoms with Crippen molar-refractivity contribution in [3.05, 3.63) is 18.3 Å². The van der Waals surface area contributed by atoms with Crippen LogP contribution < -0.4 is 10.6 Å². The second-order valence-corrected chi connectivity index (χ2v) is 4.18. The predicted octanol–water partition coefficient (Wildman–Crippen LogP) is 3.03. The summed E-state index contributed by atoms with van der Waals surface area (Å²) in [5, 5.41) is 6.08. The highest BCUT2D eigenvalue weighted by atomic mass is 16.1. The van der Waals surface area contributed by atoms with Crippen molar-refractivity contribution in [2.24, 2.45) is 0 Å². The fourth-order valence-corrected chi connectivity index (χ4v) is 1.36. The first-order valence-corrected chi connectivity index (χ1v) is 6.18. The summed E-state index contributed by atoms with van der Waals surface area (Å²) in [7, 11) is 0. The van der Waals surface area contributed by atoms with Crippen LogP contribution in [0.1, 0.15) is 40.0 Å². The molecular formula is C13H21N3O. The van der Waals surface area contributed by atoms with Crippen LogP contribution in [0.15, 0.2) is 18.3 Å². The van der Waals surface area contributed by atoms with Crippen LogP contribution in [0.3, 0.4) is 0 Å². The molecule has 0 saturated heterocycles. The van der Waals surface area contributed by atoms with Crippen LogP contribution >= 0.6 is 0 Å². The minimum Gasteiger partial charge on any atom is -0.368 e. The molecule has 0 aliphatic rings. The number of rotatable bonds is 6. The van der Waals surface area contributed by atoms with E-state index < -0.39 is 0 Å². The van der Waals surface area contributed by atoms with Crippen LogP contribution in [0.2, 0.25) is 0 Å². The molecule has 1 aromatic heterocycles. The maximum Gasteiger partial charge on any atom is 0.224 e. The van der Waals surface area contributed by atoms with Gasteiger partial charge in [-0.15, -0.1) is 0 Å². The summed E-state index contributed by atoms with van der Waals surface area (Å²) in [6, 6.07) is 4.15. The number of carbonyl (C=O) groups excluding carboxylic acids is 1. The van der Waals surface area contributed by atoms with Crippen molar-refractivity contribution in [3.63, 3.8) is 0 Å². The summed E-state index contributed by atoms with van der Waals surface area (Å²) >= 11 is 0. The Labute approximate surface area is 103 Å². The van der Waals surface area contributed by atoms with E-state index in [1.165, 1.54) is 0 Å². The van der Waals surface area contributed by atoms with Crippen LogP contribution in [0, 0.1) is 0 Å². The molecule has 1 amide bonds. The molecule has 1 aromatic rings. The zero-order valence-corrected chi connectivity index (χ0v) is 10.8. The highest BCUT2D eigenvalue weighted by Crippen LogP contribution is 2.11. The summed E-state index contributed by atoms with van der Waals surface area (Å²) in [6.07, 6.45) is 4.13. The number of hydrogen-bond acceptors (Lipinski definition) is 3. The minimum atomic E-state index is 0.0388. The summed E-state index contributed by atoms with van der Waals surface area (Å²) in [4.78, 5) is 15.6. The van der Waals surface area contributed by atoms with Crippen molar-refractivity contribution < 1.29 is 4.79 Å². The van der Waals surface area contributed by atoms with Crippen LogP contribution in [-0.2, 0) is 4.79 Å². The Morgan fingerprint density at radius 3 is 2.71 bits per heavy atom. The monoisotopic (exact) mass is 235 g/mol. The third kappa shape index (κ3) is 4.85. The van der Waals surface area contributed by atoms with Gasteiger partial charge in [-0.2, -0.15) is 0 Å². The third-order valence-electron chi connectivity index (χ3n) is 2.53. The van der Waals surface area contributed by atoms with Crippen LogP contribution in [-0.4, -0.2) is 16.9 Å². The van der Waals surface area contributed by atoms with Gasteiger partial charge in [-0.1, -0.05) is 13.8 Å². The molecule has 0 aliphatic carbocycles. The van der Waals surface area contributed by atoms with Gasteiger partial charge >= 0.3 is 0 Å². The summed E-state index contributed by atoms with van der Waals surface area (Å²) < 4.78 is 0. The van der Waals surface area contributed by atoms with Gasteiger partial charge < -0.3 is 10.6 Å². The lowest BCUT2D eigenvalue weighted by Crippen LogP contribution is -2.15. The van der Waals surface area contributed by atoms with E-state index in [0.29, 0.717) is 12.5 Å². The van der Waals surface area contributed by atoms with Crippen molar-refractivity contribution in [3.8, 4) is 0 Å². The molecule has 0 spiro atoms. The first-order chi connectivity index (χ1) is 8.15. The smallest absolute Gasteiger partial charge is 0.224 e. The second kappa shape index (κ2) is 6.89. The van der Waals surface area contributed by atoms with Crippen LogP contribution in [0.5, 0.6) is 0 Å². The van der Waals surface area contributed by atoms with E-state index in [4.69, 9.17) is 0 Å². The quantitative estimate of drug-likeness (QED) is 0.796. The van der Waals surface area contributed by atoms with E-state index in [1.54, 1.807) is 6.20 Å². The topological polar surface area (TPSA) is 54.0 Å². The van der Waals surface area contributed by atoms with Crippen LogP contribution in [0.4, 0.5) is 11.5 Å². The van der Waals surface area contributed by atoms with Crippen molar-refractivity contribution >= 4 is 17.4 Å². The fourth-order valence-electron chi connectivity index (χ4n) is 1.36. The lowest BCUT2D eigenvalue weighted by Gasteiger charge is -2.12. The van der Waals surface area contributed by atoms with E-state index in [-0.39, 0.29) is 5.91 Å². The zero-order valence-electron chi connectivity index (χ0n) is 10.8.